The van der Waals surface area contributed by atoms with Crippen LogP contribution in [0.3, 0.4) is 0 Å². The van der Waals surface area contributed by atoms with E-state index in [1.165, 1.54) is 0 Å². The SMILES string of the molecule is CCOC(Cn1c(COc2cccc3ccccc23)nc2ccccc21)OCC. The number of aromatic nitrogens is 2. The summed E-state index contributed by atoms with van der Waals surface area (Å²) in [5, 5.41) is 2.26. The highest BCUT2D eigenvalue weighted by Gasteiger charge is 2.17. The lowest BCUT2D eigenvalue weighted by Gasteiger charge is -2.19. The van der Waals surface area contributed by atoms with Crippen molar-refractivity contribution in [2.75, 3.05) is 13.2 Å². The molecule has 5 heteroatoms. The topological polar surface area (TPSA) is 45.5 Å². The summed E-state index contributed by atoms with van der Waals surface area (Å²) >= 11 is 0. The number of fused-ring (bicyclic) bond motifs is 2. The average Bonchev–Trinajstić information content (AvgIpc) is 3.10. The van der Waals surface area contributed by atoms with E-state index in [-0.39, 0.29) is 6.29 Å². The normalized spacial score (nSPS) is 11.6. The van der Waals surface area contributed by atoms with E-state index in [1.807, 2.05) is 56.3 Å². The van der Waals surface area contributed by atoms with Crippen molar-refractivity contribution < 1.29 is 14.2 Å². The molecular weight excluding hydrogens is 364 g/mol. The van der Waals surface area contributed by atoms with Crippen LogP contribution in [0.4, 0.5) is 0 Å². The maximum atomic E-state index is 6.21. The summed E-state index contributed by atoms with van der Waals surface area (Å²) in [5.74, 6) is 1.71. The van der Waals surface area contributed by atoms with Crippen LogP contribution in [0, 0.1) is 0 Å². The van der Waals surface area contributed by atoms with E-state index < -0.39 is 0 Å². The number of hydrogen-bond donors (Lipinski definition) is 0. The predicted octanol–water partition coefficient (Wildman–Crippen LogP) is 5.17. The highest BCUT2D eigenvalue weighted by Crippen LogP contribution is 2.26. The molecule has 0 bridgehead atoms. The molecule has 0 amide bonds. The second kappa shape index (κ2) is 9.07. The van der Waals surface area contributed by atoms with Crippen molar-refractivity contribution in [3.8, 4) is 5.75 Å². The van der Waals surface area contributed by atoms with Gasteiger partial charge in [-0.2, -0.15) is 0 Å². The molecule has 0 aliphatic carbocycles. The van der Waals surface area contributed by atoms with Crippen LogP contribution in [0.1, 0.15) is 19.7 Å². The van der Waals surface area contributed by atoms with Gasteiger partial charge in [-0.25, -0.2) is 4.98 Å². The number of ether oxygens (including phenoxy) is 3. The summed E-state index contributed by atoms with van der Waals surface area (Å²) < 4.78 is 19.9. The highest BCUT2D eigenvalue weighted by molar-refractivity contribution is 5.88. The Kier molecular flexibility index (Phi) is 6.08. The lowest BCUT2D eigenvalue weighted by Crippen LogP contribution is -2.25. The van der Waals surface area contributed by atoms with E-state index in [0.29, 0.717) is 26.4 Å². The van der Waals surface area contributed by atoms with E-state index in [0.717, 1.165) is 33.4 Å². The summed E-state index contributed by atoms with van der Waals surface area (Å²) in [5.41, 5.74) is 1.99. The van der Waals surface area contributed by atoms with Crippen molar-refractivity contribution in [3.63, 3.8) is 0 Å². The van der Waals surface area contributed by atoms with E-state index in [2.05, 4.69) is 28.8 Å². The average molecular weight is 390 g/mol. The number of hydrogen-bond acceptors (Lipinski definition) is 4. The van der Waals surface area contributed by atoms with Gasteiger partial charge < -0.3 is 18.8 Å². The third-order valence-corrected chi connectivity index (χ3v) is 4.88. The zero-order valence-electron chi connectivity index (χ0n) is 16.9. The van der Waals surface area contributed by atoms with E-state index in [1.54, 1.807) is 0 Å². The van der Waals surface area contributed by atoms with Crippen molar-refractivity contribution in [2.24, 2.45) is 0 Å². The van der Waals surface area contributed by atoms with Crippen LogP contribution in [0.5, 0.6) is 5.75 Å². The van der Waals surface area contributed by atoms with E-state index >= 15 is 0 Å². The van der Waals surface area contributed by atoms with Crippen LogP contribution in [0.2, 0.25) is 0 Å². The Labute approximate surface area is 170 Å². The van der Waals surface area contributed by atoms with Gasteiger partial charge >= 0.3 is 0 Å². The van der Waals surface area contributed by atoms with E-state index in [4.69, 9.17) is 19.2 Å². The van der Waals surface area contributed by atoms with Gasteiger partial charge in [0.25, 0.3) is 0 Å². The van der Waals surface area contributed by atoms with Gasteiger partial charge in [-0.15, -0.1) is 0 Å². The van der Waals surface area contributed by atoms with Gasteiger partial charge in [0.2, 0.25) is 0 Å². The minimum Gasteiger partial charge on any atom is -0.485 e. The zero-order chi connectivity index (χ0) is 20.1. The molecule has 0 saturated carbocycles. The summed E-state index contributed by atoms with van der Waals surface area (Å²) in [7, 11) is 0. The molecule has 3 aromatic carbocycles. The molecule has 0 aliphatic rings. The Morgan fingerprint density at radius 2 is 1.59 bits per heavy atom. The Morgan fingerprint density at radius 1 is 0.862 bits per heavy atom. The molecule has 1 aromatic heterocycles. The van der Waals surface area contributed by atoms with Crippen molar-refractivity contribution >= 4 is 21.8 Å². The van der Waals surface area contributed by atoms with Gasteiger partial charge in [0, 0.05) is 18.6 Å². The van der Waals surface area contributed by atoms with Gasteiger partial charge in [-0.05, 0) is 37.4 Å². The minimum atomic E-state index is -0.320. The molecule has 0 fully saturated rings. The maximum absolute atomic E-state index is 6.21. The fraction of sp³-hybridized carbons (Fsp3) is 0.292. The van der Waals surface area contributed by atoms with E-state index in [9.17, 15) is 0 Å². The molecule has 5 nitrogen and oxygen atoms in total. The molecular formula is C24H26N2O3. The molecule has 0 radical (unpaired) electrons. The van der Waals surface area contributed by atoms with Crippen LogP contribution in [-0.4, -0.2) is 29.1 Å². The molecule has 1 heterocycles. The van der Waals surface area contributed by atoms with Gasteiger partial charge in [0.15, 0.2) is 6.29 Å². The Hall–Kier alpha value is -2.89. The first-order valence-electron chi connectivity index (χ1n) is 10.1. The molecule has 0 N–H and O–H groups in total. The first-order chi connectivity index (χ1) is 14.3. The molecule has 0 spiro atoms. The second-order valence-electron chi connectivity index (χ2n) is 6.73. The number of benzene rings is 3. The van der Waals surface area contributed by atoms with Crippen LogP contribution in [0.15, 0.2) is 66.7 Å². The summed E-state index contributed by atoms with van der Waals surface area (Å²) in [6.45, 7) is 6.08. The summed E-state index contributed by atoms with van der Waals surface area (Å²) in [6, 6.07) is 22.4. The van der Waals surface area contributed by atoms with Crippen LogP contribution >= 0.6 is 0 Å². The molecule has 0 saturated heterocycles. The quantitative estimate of drug-likeness (QED) is 0.370. The minimum absolute atomic E-state index is 0.320. The molecule has 0 aliphatic heterocycles. The van der Waals surface area contributed by atoms with Crippen LogP contribution < -0.4 is 4.74 Å². The van der Waals surface area contributed by atoms with Crippen molar-refractivity contribution in [3.05, 3.63) is 72.6 Å². The summed E-state index contributed by atoms with van der Waals surface area (Å²) in [4.78, 5) is 4.81. The lowest BCUT2D eigenvalue weighted by atomic mass is 10.1. The largest absolute Gasteiger partial charge is 0.485 e. The molecule has 4 rings (SSSR count). The Balaban J connectivity index is 1.64. The monoisotopic (exact) mass is 390 g/mol. The van der Waals surface area contributed by atoms with Crippen molar-refractivity contribution in [1.29, 1.82) is 0 Å². The number of rotatable bonds is 9. The van der Waals surface area contributed by atoms with Crippen LogP contribution in [0.25, 0.3) is 21.8 Å². The summed E-state index contributed by atoms with van der Waals surface area (Å²) in [6.07, 6.45) is -0.320. The Morgan fingerprint density at radius 3 is 2.41 bits per heavy atom. The predicted molar refractivity (Wildman–Crippen MR) is 115 cm³/mol. The fourth-order valence-corrected chi connectivity index (χ4v) is 3.58. The van der Waals surface area contributed by atoms with Gasteiger partial charge in [-0.3, -0.25) is 0 Å². The maximum Gasteiger partial charge on any atom is 0.175 e. The smallest absolute Gasteiger partial charge is 0.175 e. The molecule has 29 heavy (non-hydrogen) atoms. The lowest BCUT2D eigenvalue weighted by molar-refractivity contribution is -0.143. The van der Waals surface area contributed by atoms with Gasteiger partial charge in [0.1, 0.15) is 18.2 Å². The molecule has 150 valence electrons. The van der Waals surface area contributed by atoms with Crippen LogP contribution in [-0.2, 0) is 22.6 Å². The van der Waals surface area contributed by atoms with Gasteiger partial charge in [-0.1, -0.05) is 48.5 Å². The molecule has 0 unspecified atom stereocenters. The number of nitrogens with zero attached hydrogens (tertiary/aromatic N) is 2. The number of imidazole rings is 1. The Bertz CT molecular complexity index is 1080. The molecule has 4 aromatic rings. The third kappa shape index (κ3) is 4.26. The zero-order valence-corrected chi connectivity index (χ0v) is 16.9. The fourth-order valence-electron chi connectivity index (χ4n) is 3.58. The first-order valence-corrected chi connectivity index (χ1v) is 10.1. The third-order valence-electron chi connectivity index (χ3n) is 4.88. The van der Waals surface area contributed by atoms with Crippen molar-refractivity contribution in [1.82, 2.24) is 9.55 Å². The first kappa shape index (κ1) is 19.4. The number of para-hydroxylation sites is 2. The second-order valence-corrected chi connectivity index (χ2v) is 6.73. The highest BCUT2D eigenvalue weighted by atomic mass is 16.7. The van der Waals surface area contributed by atoms with Crippen molar-refractivity contribution in [2.45, 2.75) is 33.3 Å². The standard InChI is InChI=1S/C24H26N2O3/c1-3-27-24(28-4-2)16-26-21-14-8-7-13-20(21)25-23(26)17-29-22-15-9-11-18-10-5-6-12-19(18)22/h5-15,24H,3-4,16-17H2,1-2H3. The molecule has 0 atom stereocenters. The van der Waals surface area contributed by atoms with Gasteiger partial charge in [0.05, 0.1) is 17.6 Å².